The molecule has 1 saturated heterocycles. The first-order chi connectivity index (χ1) is 11.4. The molecule has 0 N–H and O–H groups in total. The molecule has 1 fully saturated rings. The van der Waals surface area contributed by atoms with Crippen LogP contribution in [0.4, 0.5) is 5.69 Å². The largest absolute Gasteiger partial charge is 0.493 e. The van der Waals surface area contributed by atoms with Crippen LogP contribution in [0.2, 0.25) is 0 Å². The molecule has 24 heavy (non-hydrogen) atoms. The number of rotatable bonds is 5. The lowest BCUT2D eigenvalue weighted by molar-refractivity contribution is -0.386. The van der Waals surface area contributed by atoms with Crippen LogP contribution >= 0.6 is 0 Å². The van der Waals surface area contributed by atoms with Gasteiger partial charge in [-0.1, -0.05) is 6.92 Å². The average molecular weight is 338 g/mol. The Balaban J connectivity index is 2.55. The van der Waals surface area contributed by atoms with Crippen LogP contribution in [-0.2, 0) is 0 Å². The van der Waals surface area contributed by atoms with Crippen LogP contribution < -0.4 is 14.2 Å². The highest BCUT2D eigenvalue weighted by atomic mass is 16.6. The van der Waals surface area contributed by atoms with Crippen molar-refractivity contribution in [1.29, 1.82) is 0 Å². The van der Waals surface area contributed by atoms with Gasteiger partial charge in [-0.25, -0.2) is 0 Å². The van der Waals surface area contributed by atoms with Crippen molar-refractivity contribution in [2.75, 3.05) is 34.4 Å². The second-order valence-electron chi connectivity index (χ2n) is 5.77. The van der Waals surface area contributed by atoms with Gasteiger partial charge in [-0.3, -0.25) is 14.9 Å². The molecule has 0 spiro atoms. The number of carbonyl (C=O) groups excluding carboxylic acids is 1. The number of ether oxygens (including phenoxy) is 3. The zero-order chi connectivity index (χ0) is 17.9. The van der Waals surface area contributed by atoms with E-state index < -0.39 is 16.5 Å². The molecule has 1 aliphatic heterocycles. The van der Waals surface area contributed by atoms with Crippen molar-refractivity contribution in [3.8, 4) is 17.2 Å². The number of nitrogens with zero attached hydrogens (tertiary/aromatic N) is 2. The van der Waals surface area contributed by atoms with E-state index in [0.29, 0.717) is 19.0 Å². The summed E-state index contributed by atoms with van der Waals surface area (Å²) >= 11 is 0. The van der Waals surface area contributed by atoms with Crippen LogP contribution in [0.15, 0.2) is 6.07 Å². The van der Waals surface area contributed by atoms with Crippen molar-refractivity contribution in [3.05, 3.63) is 21.7 Å². The molecule has 1 aromatic rings. The first-order valence-electron chi connectivity index (χ1n) is 7.71. The molecule has 0 atom stereocenters. The van der Waals surface area contributed by atoms with Gasteiger partial charge in [0.2, 0.25) is 11.5 Å². The zero-order valence-electron chi connectivity index (χ0n) is 14.3. The minimum Gasteiger partial charge on any atom is -0.493 e. The molecule has 8 heteroatoms. The number of carbonyl (C=O) groups is 1. The third-order valence-electron chi connectivity index (χ3n) is 4.29. The molecular formula is C16H22N2O6. The van der Waals surface area contributed by atoms with Gasteiger partial charge < -0.3 is 19.1 Å². The minimum atomic E-state index is -0.624. The lowest BCUT2D eigenvalue weighted by Crippen LogP contribution is -2.38. The van der Waals surface area contributed by atoms with Gasteiger partial charge in [0.05, 0.1) is 26.3 Å². The van der Waals surface area contributed by atoms with Crippen molar-refractivity contribution in [3.63, 3.8) is 0 Å². The van der Waals surface area contributed by atoms with Crippen molar-refractivity contribution < 1.29 is 23.9 Å². The third kappa shape index (κ3) is 3.22. The van der Waals surface area contributed by atoms with Crippen molar-refractivity contribution in [2.24, 2.45) is 5.92 Å². The molecule has 0 saturated carbocycles. The Hall–Kier alpha value is -2.51. The first-order valence-corrected chi connectivity index (χ1v) is 7.71. The van der Waals surface area contributed by atoms with Gasteiger partial charge in [0.15, 0.2) is 5.75 Å². The number of amides is 1. The summed E-state index contributed by atoms with van der Waals surface area (Å²) in [6.45, 7) is 3.28. The molecule has 0 aromatic heterocycles. The molecule has 2 rings (SSSR count). The van der Waals surface area contributed by atoms with E-state index in [9.17, 15) is 14.9 Å². The summed E-state index contributed by atoms with van der Waals surface area (Å²) in [5, 5.41) is 11.6. The number of nitro benzene ring substituents is 1. The number of piperidine rings is 1. The van der Waals surface area contributed by atoms with E-state index in [1.807, 2.05) is 0 Å². The summed E-state index contributed by atoms with van der Waals surface area (Å²) in [6, 6.07) is 1.35. The van der Waals surface area contributed by atoms with E-state index in [4.69, 9.17) is 14.2 Å². The van der Waals surface area contributed by atoms with Gasteiger partial charge in [-0.05, 0) is 18.8 Å². The summed E-state index contributed by atoms with van der Waals surface area (Å²) in [4.78, 5) is 25.4. The smallest absolute Gasteiger partial charge is 0.327 e. The second-order valence-corrected chi connectivity index (χ2v) is 5.77. The fourth-order valence-corrected chi connectivity index (χ4v) is 2.87. The normalized spacial score (nSPS) is 15.1. The average Bonchev–Trinajstić information content (AvgIpc) is 2.59. The van der Waals surface area contributed by atoms with Gasteiger partial charge in [0, 0.05) is 19.2 Å². The molecule has 0 unspecified atom stereocenters. The number of methoxy groups -OCH3 is 3. The molecule has 132 valence electrons. The highest BCUT2D eigenvalue weighted by molar-refractivity contribution is 6.00. The Bertz CT molecular complexity index is 638. The summed E-state index contributed by atoms with van der Waals surface area (Å²) in [7, 11) is 4.05. The first kappa shape index (κ1) is 17.8. The Labute approximate surface area is 140 Å². The summed E-state index contributed by atoms with van der Waals surface area (Å²) in [5.74, 6) is 0.344. The predicted molar refractivity (Wildman–Crippen MR) is 87.1 cm³/mol. The molecule has 0 aliphatic carbocycles. The van der Waals surface area contributed by atoms with Crippen LogP contribution in [0.1, 0.15) is 30.1 Å². The monoisotopic (exact) mass is 338 g/mol. The SMILES string of the molecule is COc1cc(C(=O)N2CCC(C)CC2)c([N+](=O)[O-])c(OC)c1OC. The fourth-order valence-electron chi connectivity index (χ4n) is 2.87. The topological polar surface area (TPSA) is 91.1 Å². The van der Waals surface area contributed by atoms with Gasteiger partial charge in [-0.2, -0.15) is 0 Å². The van der Waals surface area contributed by atoms with E-state index in [0.717, 1.165) is 12.8 Å². The van der Waals surface area contributed by atoms with Crippen molar-refractivity contribution in [1.82, 2.24) is 4.90 Å². The summed E-state index contributed by atoms with van der Waals surface area (Å²) < 4.78 is 15.5. The number of hydrogen-bond acceptors (Lipinski definition) is 6. The minimum absolute atomic E-state index is 0.0518. The van der Waals surface area contributed by atoms with E-state index in [1.165, 1.54) is 27.4 Å². The molecule has 1 aliphatic rings. The standard InChI is InChI=1S/C16H22N2O6/c1-10-5-7-17(8-6-10)16(19)11-9-12(22-2)14(23-3)15(24-4)13(11)18(20)21/h9-10H,5-8H2,1-4H3. The number of hydrogen-bond donors (Lipinski definition) is 0. The Morgan fingerprint density at radius 3 is 2.21 bits per heavy atom. The molecular weight excluding hydrogens is 316 g/mol. The second kappa shape index (κ2) is 7.37. The maximum atomic E-state index is 12.8. The Morgan fingerprint density at radius 2 is 1.75 bits per heavy atom. The van der Waals surface area contributed by atoms with E-state index in [2.05, 4.69) is 6.92 Å². The maximum Gasteiger partial charge on any atom is 0.327 e. The lowest BCUT2D eigenvalue weighted by atomic mass is 9.98. The Kier molecular flexibility index (Phi) is 5.48. The third-order valence-corrected chi connectivity index (χ3v) is 4.29. The van der Waals surface area contributed by atoms with E-state index in [1.54, 1.807) is 4.90 Å². The van der Waals surface area contributed by atoms with Gasteiger partial charge in [0.25, 0.3) is 5.91 Å². The quantitative estimate of drug-likeness (QED) is 0.605. The molecule has 1 aromatic carbocycles. The number of benzene rings is 1. The van der Waals surface area contributed by atoms with Crippen LogP contribution in [-0.4, -0.2) is 50.1 Å². The van der Waals surface area contributed by atoms with Gasteiger partial charge in [-0.15, -0.1) is 0 Å². The Morgan fingerprint density at radius 1 is 1.17 bits per heavy atom. The van der Waals surface area contributed by atoms with E-state index in [-0.39, 0.29) is 22.8 Å². The van der Waals surface area contributed by atoms with Crippen LogP contribution in [0.3, 0.4) is 0 Å². The zero-order valence-corrected chi connectivity index (χ0v) is 14.3. The molecule has 8 nitrogen and oxygen atoms in total. The maximum absolute atomic E-state index is 12.8. The number of likely N-dealkylation sites (tertiary alicyclic amines) is 1. The molecule has 0 radical (unpaired) electrons. The lowest BCUT2D eigenvalue weighted by Gasteiger charge is -2.30. The molecule has 1 heterocycles. The van der Waals surface area contributed by atoms with Crippen LogP contribution in [0.5, 0.6) is 17.2 Å². The van der Waals surface area contributed by atoms with Crippen LogP contribution in [0, 0.1) is 16.0 Å². The van der Waals surface area contributed by atoms with Gasteiger partial charge in [0.1, 0.15) is 5.56 Å². The van der Waals surface area contributed by atoms with Crippen molar-refractivity contribution >= 4 is 11.6 Å². The fraction of sp³-hybridized carbons (Fsp3) is 0.562. The highest BCUT2D eigenvalue weighted by Gasteiger charge is 2.35. The van der Waals surface area contributed by atoms with E-state index >= 15 is 0 Å². The number of nitro groups is 1. The van der Waals surface area contributed by atoms with Crippen LogP contribution in [0.25, 0.3) is 0 Å². The summed E-state index contributed by atoms with van der Waals surface area (Å²) in [5.41, 5.74) is -0.456. The predicted octanol–water partition coefficient (Wildman–Crippen LogP) is 2.49. The molecule has 0 bridgehead atoms. The van der Waals surface area contributed by atoms with Crippen molar-refractivity contribution in [2.45, 2.75) is 19.8 Å². The summed E-state index contributed by atoms with van der Waals surface area (Å²) in [6.07, 6.45) is 1.76. The van der Waals surface area contributed by atoms with Gasteiger partial charge >= 0.3 is 5.69 Å². The molecule has 1 amide bonds. The highest BCUT2D eigenvalue weighted by Crippen LogP contribution is 2.46.